The number of hydrogen-bond donors (Lipinski definition) is 2. The Kier molecular flexibility index (Phi) is 8.20. The van der Waals surface area contributed by atoms with E-state index < -0.39 is 0 Å². The molecule has 2 heteroatoms. The van der Waals surface area contributed by atoms with Crippen LogP contribution in [0.25, 0.3) is 0 Å². The Bertz CT molecular complexity index is 121. The van der Waals surface area contributed by atoms with Gasteiger partial charge < -0.3 is 10.2 Å². The van der Waals surface area contributed by atoms with E-state index in [4.69, 9.17) is 5.11 Å². The summed E-state index contributed by atoms with van der Waals surface area (Å²) in [6.07, 6.45) is 4.59. The van der Waals surface area contributed by atoms with Gasteiger partial charge in [-0.3, -0.25) is 0 Å². The average Bonchev–Trinajstić information content (AvgIpc) is 2.18. The largest absolute Gasteiger partial charge is 0.396 e. The van der Waals surface area contributed by atoms with Crippen LogP contribution in [0.5, 0.6) is 0 Å². The van der Waals surface area contributed by atoms with Gasteiger partial charge in [0.1, 0.15) is 0 Å². The Balaban J connectivity index is 3.98. The van der Waals surface area contributed by atoms with E-state index in [2.05, 4.69) is 20.8 Å². The average molecular weight is 202 g/mol. The highest BCUT2D eigenvalue weighted by Gasteiger charge is 2.19. The van der Waals surface area contributed by atoms with Gasteiger partial charge in [-0.05, 0) is 24.7 Å². The zero-order chi connectivity index (χ0) is 11.0. The molecule has 14 heavy (non-hydrogen) atoms. The van der Waals surface area contributed by atoms with Gasteiger partial charge in [0, 0.05) is 6.61 Å². The van der Waals surface area contributed by atoms with Crippen LogP contribution in [0.4, 0.5) is 0 Å². The molecular formula is C12H26O2. The number of aliphatic hydroxyl groups is 2. The van der Waals surface area contributed by atoms with Crippen molar-refractivity contribution in [1.29, 1.82) is 0 Å². The van der Waals surface area contributed by atoms with Crippen molar-refractivity contribution in [2.24, 2.45) is 11.8 Å². The third-order valence-electron chi connectivity index (χ3n) is 3.28. The summed E-state index contributed by atoms with van der Waals surface area (Å²) < 4.78 is 0. The molecule has 0 heterocycles. The minimum absolute atomic E-state index is 0.0977. The second-order valence-corrected chi connectivity index (χ2v) is 4.15. The Labute approximate surface area is 88.3 Å². The molecule has 0 aliphatic heterocycles. The molecule has 0 aliphatic rings. The molecule has 0 aromatic carbocycles. The fraction of sp³-hybridized carbons (Fsp3) is 1.00. The molecule has 86 valence electrons. The Morgan fingerprint density at radius 3 is 1.79 bits per heavy atom. The molecule has 0 aromatic rings. The second-order valence-electron chi connectivity index (χ2n) is 4.15. The maximum Gasteiger partial charge on any atom is 0.0564 e. The predicted octanol–water partition coefficient (Wildman–Crippen LogP) is 2.58. The van der Waals surface area contributed by atoms with E-state index in [1.54, 1.807) is 0 Å². The topological polar surface area (TPSA) is 40.5 Å². The molecule has 2 atom stereocenters. The molecule has 0 aromatic heterocycles. The fourth-order valence-corrected chi connectivity index (χ4v) is 2.26. The first kappa shape index (κ1) is 13.9. The summed E-state index contributed by atoms with van der Waals surface area (Å²) in [5.41, 5.74) is 0. The van der Waals surface area contributed by atoms with Crippen molar-refractivity contribution in [3.05, 3.63) is 0 Å². The monoisotopic (exact) mass is 202 g/mol. The van der Waals surface area contributed by atoms with E-state index in [-0.39, 0.29) is 12.7 Å². The molecular weight excluding hydrogens is 176 g/mol. The maximum absolute atomic E-state index is 9.63. The van der Waals surface area contributed by atoms with Gasteiger partial charge in [-0.2, -0.15) is 0 Å². The van der Waals surface area contributed by atoms with Crippen LogP contribution in [0.1, 0.15) is 52.9 Å². The van der Waals surface area contributed by atoms with Crippen LogP contribution < -0.4 is 0 Å². The van der Waals surface area contributed by atoms with E-state index in [1.807, 2.05) is 0 Å². The van der Waals surface area contributed by atoms with Crippen molar-refractivity contribution < 1.29 is 10.2 Å². The van der Waals surface area contributed by atoms with E-state index >= 15 is 0 Å². The van der Waals surface area contributed by atoms with Crippen molar-refractivity contribution in [1.82, 2.24) is 0 Å². The third kappa shape index (κ3) is 4.97. The van der Waals surface area contributed by atoms with E-state index in [0.717, 1.165) is 18.8 Å². The lowest BCUT2D eigenvalue weighted by atomic mass is 9.82. The molecule has 2 unspecified atom stereocenters. The highest BCUT2D eigenvalue weighted by atomic mass is 16.3. The first-order chi connectivity index (χ1) is 6.69. The summed E-state index contributed by atoms with van der Waals surface area (Å²) in [5.74, 6) is 1.35. The van der Waals surface area contributed by atoms with Gasteiger partial charge in [-0.1, -0.05) is 40.0 Å². The summed E-state index contributed by atoms with van der Waals surface area (Å²) >= 11 is 0. The van der Waals surface area contributed by atoms with Crippen molar-refractivity contribution in [3.63, 3.8) is 0 Å². The Hall–Kier alpha value is -0.0800. The van der Waals surface area contributed by atoms with E-state index in [1.165, 1.54) is 12.8 Å². The van der Waals surface area contributed by atoms with E-state index in [0.29, 0.717) is 12.3 Å². The van der Waals surface area contributed by atoms with Crippen LogP contribution in [0.15, 0.2) is 0 Å². The summed E-state index contributed by atoms with van der Waals surface area (Å²) in [7, 11) is 0. The number of hydrogen-bond acceptors (Lipinski definition) is 2. The Morgan fingerprint density at radius 1 is 0.929 bits per heavy atom. The van der Waals surface area contributed by atoms with Crippen molar-refractivity contribution in [2.75, 3.05) is 6.61 Å². The smallest absolute Gasteiger partial charge is 0.0564 e. The molecule has 0 aliphatic carbocycles. The zero-order valence-corrected chi connectivity index (χ0v) is 9.87. The standard InChI is InChI=1S/C12H26O2/c1-4-10(5-2)11(6-3)9-12(14)7-8-13/h10-14H,4-9H2,1-3H3. The molecule has 0 fully saturated rings. The molecule has 2 nitrogen and oxygen atoms in total. The quantitative estimate of drug-likeness (QED) is 0.635. The minimum Gasteiger partial charge on any atom is -0.396 e. The SMILES string of the molecule is CCC(CC)C(CC)CC(O)CCO. The third-order valence-corrected chi connectivity index (χ3v) is 3.28. The van der Waals surface area contributed by atoms with Crippen molar-refractivity contribution in [2.45, 2.75) is 59.0 Å². The second kappa shape index (κ2) is 8.25. The lowest BCUT2D eigenvalue weighted by Crippen LogP contribution is -2.20. The van der Waals surface area contributed by atoms with Crippen LogP contribution in [-0.4, -0.2) is 22.9 Å². The van der Waals surface area contributed by atoms with Gasteiger partial charge in [0.25, 0.3) is 0 Å². The zero-order valence-electron chi connectivity index (χ0n) is 9.87. The van der Waals surface area contributed by atoms with Gasteiger partial charge in [0.2, 0.25) is 0 Å². The van der Waals surface area contributed by atoms with E-state index in [9.17, 15) is 5.11 Å². The highest BCUT2D eigenvalue weighted by molar-refractivity contribution is 4.70. The van der Waals surface area contributed by atoms with Gasteiger partial charge in [-0.25, -0.2) is 0 Å². The molecule has 0 spiro atoms. The van der Waals surface area contributed by atoms with Gasteiger partial charge >= 0.3 is 0 Å². The first-order valence-corrected chi connectivity index (χ1v) is 5.98. The minimum atomic E-state index is -0.314. The fourth-order valence-electron chi connectivity index (χ4n) is 2.26. The molecule has 0 amide bonds. The van der Waals surface area contributed by atoms with Gasteiger partial charge in [0.05, 0.1) is 6.10 Å². The van der Waals surface area contributed by atoms with Crippen LogP contribution >= 0.6 is 0 Å². The summed E-state index contributed by atoms with van der Waals surface area (Å²) in [6.45, 7) is 6.72. The number of rotatable bonds is 8. The highest BCUT2D eigenvalue weighted by Crippen LogP contribution is 2.27. The van der Waals surface area contributed by atoms with Crippen LogP contribution in [0.3, 0.4) is 0 Å². The summed E-state index contributed by atoms with van der Waals surface area (Å²) in [6, 6.07) is 0. The Morgan fingerprint density at radius 2 is 1.43 bits per heavy atom. The molecule has 2 N–H and O–H groups in total. The lowest BCUT2D eigenvalue weighted by Gasteiger charge is -2.26. The molecule has 0 bridgehead atoms. The molecule has 0 rings (SSSR count). The lowest BCUT2D eigenvalue weighted by molar-refractivity contribution is 0.0920. The van der Waals surface area contributed by atoms with Crippen molar-refractivity contribution in [3.8, 4) is 0 Å². The van der Waals surface area contributed by atoms with Gasteiger partial charge in [0.15, 0.2) is 0 Å². The van der Waals surface area contributed by atoms with Crippen LogP contribution in [0, 0.1) is 11.8 Å². The summed E-state index contributed by atoms with van der Waals surface area (Å²) in [4.78, 5) is 0. The number of aliphatic hydroxyl groups excluding tert-OH is 2. The first-order valence-electron chi connectivity index (χ1n) is 5.98. The van der Waals surface area contributed by atoms with Crippen LogP contribution in [-0.2, 0) is 0 Å². The van der Waals surface area contributed by atoms with Crippen LogP contribution in [0.2, 0.25) is 0 Å². The van der Waals surface area contributed by atoms with Crippen molar-refractivity contribution >= 4 is 0 Å². The molecule has 0 saturated heterocycles. The molecule has 0 radical (unpaired) electrons. The predicted molar refractivity (Wildman–Crippen MR) is 60.2 cm³/mol. The molecule has 0 saturated carbocycles. The maximum atomic E-state index is 9.63. The van der Waals surface area contributed by atoms with Gasteiger partial charge in [-0.15, -0.1) is 0 Å². The summed E-state index contributed by atoms with van der Waals surface area (Å²) in [5, 5.41) is 18.3. The normalized spacial score (nSPS) is 15.9.